The number of rotatable bonds is 6. The van der Waals surface area contributed by atoms with Gasteiger partial charge in [-0.2, -0.15) is 0 Å². The van der Waals surface area contributed by atoms with Gasteiger partial charge in [0.15, 0.2) is 5.11 Å². The van der Waals surface area contributed by atoms with E-state index in [0.717, 1.165) is 4.88 Å². The number of thiophene rings is 1. The Hall–Kier alpha value is -3.23. The third-order valence-corrected chi connectivity index (χ3v) is 4.61. The molecule has 0 aliphatic carbocycles. The molecule has 0 aliphatic heterocycles. The molecular formula is C20H17N3O3S2. The van der Waals surface area contributed by atoms with Crippen LogP contribution in [0.5, 0.6) is 0 Å². The Morgan fingerprint density at radius 2 is 2.04 bits per heavy atom. The van der Waals surface area contributed by atoms with Crippen LogP contribution in [0.4, 0.5) is 5.69 Å². The summed E-state index contributed by atoms with van der Waals surface area (Å²) in [6.45, 7) is 0.300. The van der Waals surface area contributed by atoms with E-state index in [1.54, 1.807) is 48.7 Å². The molecule has 3 rings (SSSR count). The molecule has 2 heterocycles. The van der Waals surface area contributed by atoms with Crippen molar-refractivity contribution in [1.29, 1.82) is 0 Å². The van der Waals surface area contributed by atoms with Crippen molar-refractivity contribution < 1.29 is 14.0 Å². The third-order valence-electron chi connectivity index (χ3n) is 3.56. The van der Waals surface area contributed by atoms with Crippen molar-refractivity contribution >= 4 is 52.2 Å². The summed E-state index contributed by atoms with van der Waals surface area (Å²) in [5, 5.41) is 10.3. The average Bonchev–Trinajstić information content (AvgIpc) is 3.38. The molecule has 1 aromatic carbocycles. The number of furan rings is 1. The zero-order valence-electron chi connectivity index (χ0n) is 14.7. The standard InChI is InChI=1S/C20H17N3O3S2/c24-18(9-8-17-7-3-11-28-17)23-20(27)22-15-5-1-4-14(12-15)19(25)21-13-16-6-2-10-26-16/h1-12H,13H2,(H,21,25)(H2,22,23,24,27)/b9-8+. The molecule has 0 unspecified atom stereocenters. The first kappa shape index (κ1) is 19.5. The highest BCUT2D eigenvalue weighted by molar-refractivity contribution is 7.80. The van der Waals surface area contributed by atoms with E-state index in [1.807, 2.05) is 17.5 Å². The zero-order valence-corrected chi connectivity index (χ0v) is 16.3. The summed E-state index contributed by atoms with van der Waals surface area (Å²) in [6.07, 6.45) is 4.68. The van der Waals surface area contributed by atoms with E-state index in [2.05, 4.69) is 16.0 Å². The molecule has 3 N–H and O–H groups in total. The van der Waals surface area contributed by atoms with Crippen molar-refractivity contribution in [2.75, 3.05) is 5.32 Å². The molecule has 0 bridgehead atoms. The minimum absolute atomic E-state index is 0.147. The Labute approximate surface area is 171 Å². The molecule has 3 aromatic rings. The molecule has 0 saturated carbocycles. The number of anilines is 1. The Morgan fingerprint density at radius 3 is 2.79 bits per heavy atom. The predicted octanol–water partition coefficient (Wildman–Crippen LogP) is 3.80. The van der Waals surface area contributed by atoms with Crippen molar-refractivity contribution in [2.45, 2.75) is 6.54 Å². The van der Waals surface area contributed by atoms with Gasteiger partial charge in [-0.05, 0) is 60.1 Å². The minimum Gasteiger partial charge on any atom is -0.467 e. The highest BCUT2D eigenvalue weighted by atomic mass is 32.1. The highest BCUT2D eigenvalue weighted by Gasteiger charge is 2.08. The fourth-order valence-corrected chi connectivity index (χ4v) is 3.12. The summed E-state index contributed by atoms with van der Waals surface area (Å²) in [7, 11) is 0. The third kappa shape index (κ3) is 5.90. The van der Waals surface area contributed by atoms with Crippen molar-refractivity contribution in [3.05, 3.63) is 82.5 Å². The molecule has 2 amide bonds. The van der Waals surface area contributed by atoms with Crippen LogP contribution in [0.15, 0.2) is 70.7 Å². The largest absolute Gasteiger partial charge is 0.467 e. The first-order valence-corrected chi connectivity index (χ1v) is 9.63. The Balaban J connectivity index is 1.52. The van der Waals surface area contributed by atoms with Gasteiger partial charge in [-0.1, -0.05) is 12.1 Å². The lowest BCUT2D eigenvalue weighted by Gasteiger charge is -2.10. The molecule has 8 heteroatoms. The number of hydrogen-bond acceptors (Lipinski definition) is 5. The molecule has 142 valence electrons. The monoisotopic (exact) mass is 411 g/mol. The molecule has 0 radical (unpaired) electrons. The molecule has 0 saturated heterocycles. The summed E-state index contributed by atoms with van der Waals surface area (Å²) < 4.78 is 5.19. The summed E-state index contributed by atoms with van der Waals surface area (Å²) >= 11 is 6.69. The van der Waals surface area contributed by atoms with Gasteiger partial charge in [0.05, 0.1) is 12.8 Å². The number of amides is 2. The fraction of sp³-hybridized carbons (Fsp3) is 0.0500. The first-order chi connectivity index (χ1) is 13.6. The van der Waals surface area contributed by atoms with Crippen LogP contribution in [-0.4, -0.2) is 16.9 Å². The van der Waals surface area contributed by atoms with Crippen LogP contribution in [0.1, 0.15) is 21.0 Å². The van der Waals surface area contributed by atoms with Crippen molar-refractivity contribution in [3.63, 3.8) is 0 Å². The number of nitrogens with one attached hydrogen (secondary N) is 3. The first-order valence-electron chi connectivity index (χ1n) is 8.34. The van der Waals surface area contributed by atoms with Gasteiger partial charge < -0.3 is 15.1 Å². The van der Waals surface area contributed by atoms with Crippen LogP contribution in [0.2, 0.25) is 0 Å². The van der Waals surface area contributed by atoms with Gasteiger partial charge in [-0.25, -0.2) is 0 Å². The summed E-state index contributed by atoms with van der Waals surface area (Å²) in [5.41, 5.74) is 1.06. The summed E-state index contributed by atoms with van der Waals surface area (Å²) in [4.78, 5) is 25.2. The van der Waals surface area contributed by atoms with E-state index < -0.39 is 0 Å². The molecule has 0 atom stereocenters. The quantitative estimate of drug-likeness (QED) is 0.425. The van der Waals surface area contributed by atoms with E-state index in [4.69, 9.17) is 16.6 Å². The minimum atomic E-state index is -0.335. The van der Waals surface area contributed by atoms with Gasteiger partial charge in [-0.15, -0.1) is 11.3 Å². The fourth-order valence-electron chi connectivity index (χ4n) is 2.28. The van der Waals surface area contributed by atoms with E-state index in [-0.39, 0.29) is 16.9 Å². The number of hydrogen-bond donors (Lipinski definition) is 3. The molecule has 28 heavy (non-hydrogen) atoms. The molecule has 0 fully saturated rings. The lowest BCUT2D eigenvalue weighted by molar-refractivity contribution is -0.115. The van der Waals surface area contributed by atoms with E-state index in [0.29, 0.717) is 23.6 Å². The molecule has 0 spiro atoms. The Kier molecular flexibility index (Phi) is 6.72. The summed E-state index contributed by atoms with van der Waals surface area (Å²) in [5.74, 6) is 0.0919. The maximum Gasteiger partial charge on any atom is 0.251 e. The van der Waals surface area contributed by atoms with Crippen molar-refractivity contribution in [1.82, 2.24) is 10.6 Å². The smallest absolute Gasteiger partial charge is 0.251 e. The van der Waals surface area contributed by atoms with Gasteiger partial charge >= 0.3 is 0 Å². The van der Waals surface area contributed by atoms with E-state index in [1.165, 1.54) is 17.4 Å². The van der Waals surface area contributed by atoms with Crippen molar-refractivity contribution in [3.8, 4) is 0 Å². The highest BCUT2D eigenvalue weighted by Crippen LogP contribution is 2.12. The summed E-state index contributed by atoms with van der Waals surface area (Å²) in [6, 6.07) is 14.2. The maximum absolute atomic E-state index is 12.3. The van der Waals surface area contributed by atoms with E-state index in [9.17, 15) is 9.59 Å². The van der Waals surface area contributed by atoms with Crippen LogP contribution in [0.25, 0.3) is 6.08 Å². The van der Waals surface area contributed by atoms with Crippen LogP contribution in [0.3, 0.4) is 0 Å². The molecule has 6 nitrogen and oxygen atoms in total. The van der Waals surface area contributed by atoms with Crippen LogP contribution in [-0.2, 0) is 11.3 Å². The van der Waals surface area contributed by atoms with Crippen LogP contribution >= 0.6 is 23.6 Å². The second-order valence-electron chi connectivity index (χ2n) is 5.63. The van der Waals surface area contributed by atoms with Crippen LogP contribution in [0, 0.1) is 0 Å². The maximum atomic E-state index is 12.3. The lowest BCUT2D eigenvalue weighted by atomic mass is 10.2. The SMILES string of the molecule is O=C(/C=C/c1cccs1)NC(=S)Nc1cccc(C(=O)NCc2ccco2)c1. The van der Waals surface area contributed by atoms with Gasteiger partial charge in [0.2, 0.25) is 5.91 Å². The molecular weight excluding hydrogens is 394 g/mol. The molecule has 2 aromatic heterocycles. The number of carbonyl (C=O) groups is 2. The number of benzene rings is 1. The average molecular weight is 412 g/mol. The zero-order chi connectivity index (χ0) is 19.8. The van der Waals surface area contributed by atoms with Crippen molar-refractivity contribution in [2.24, 2.45) is 0 Å². The van der Waals surface area contributed by atoms with Crippen LogP contribution < -0.4 is 16.0 Å². The second kappa shape index (κ2) is 9.63. The predicted molar refractivity (Wildman–Crippen MR) is 114 cm³/mol. The van der Waals surface area contributed by atoms with Gasteiger partial charge in [-0.3, -0.25) is 14.9 Å². The normalized spacial score (nSPS) is 10.6. The van der Waals surface area contributed by atoms with E-state index >= 15 is 0 Å². The van der Waals surface area contributed by atoms with Gasteiger partial charge in [0, 0.05) is 22.2 Å². The lowest BCUT2D eigenvalue weighted by Crippen LogP contribution is -2.32. The number of carbonyl (C=O) groups excluding carboxylic acids is 2. The van der Waals surface area contributed by atoms with Gasteiger partial charge in [0.1, 0.15) is 5.76 Å². The Morgan fingerprint density at radius 1 is 1.14 bits per heavy atom. The second-order valence-corrected chi connectivity index (χ2v) is 7.02. The molecule has 0 aliphatic rings. The topological polar surface area (TPSA) is 83.4 Å². The van der Waals surface area contributed by atoms with Gasteiger partial charge in [0.25, 0.3) is 5.91 Å². The Bertz CT molecular complexity index is 980. The number of thiocarbonyl (C=S) groups is 1.